The number of carbonyl (C=O) groups excluding carboxylic acids is 1. The molecule has 0 atom stereocenters. The highest BCUT2D eigenvalue weighted by Gasteiger charge is 2.06. The van der Waals surface area contributed by atoms with E-state index in [4.69, 9.17) is 5.73 Å². The van der Waals surface area contributed by atoms with E-state index < -0.39 is 0 Å². The second-order valence-electron chi connectivity index (χ2n) is 6.08. The van der Waals surface area contributed by atoms with Crippen molar-refractivity contribution in [2.75, 3.05) is 32.7 Å². The van der Waals surface area contributed by atoms with Crippen molar-refractivity contribution in [3.05, 3.63) is 48.0 Å². The van der Waals surface area contributed by atoms with Gasteiger partial charge < -0.3 is 16.4 Å². The van der Waals surface area contributed by atoms with Crippen LogP contribution in [0.15, 0.2) is 42.5 Å². The number of benzene rings is 2. The summed E-state index contributed by atoms with van der Waals surface area (Å²) in [5.41, 5.74) is 6.25. The van der Waals surface area contributed by atoms with Crippen LogP contribution in [0.5, 0.6) is 0 Å². The molecule has 2 rings (SSSR count). The quantitative estimate of drug-likeness (QED) is 0.414. The maximum Gasteiger partial charge on any atom is 0.164 e. The van der Waals surface area contributed by atoms with Crippen molar-refractivity contribution in [1.29, 1.82) is 0 Å². The Morgan fingerprint density at radius 3 is 2.25 bits per heavy atom. The van der Waals surface area contributed by atoms with E-state index in [-0.39, 0.29) is 5.78 Å². The highest BCUT2D eigenvalue weighted by Crippen LogP contribution is 2.16. The van der Waals surface area contributed by atoms with E-state index in [2.05, 4.69) is 16.7 Å². The number of fused-ring (bicyclic) bond motifs is 1. The fourth-order valence-electron chi connectivity index (χ4n) is 2.69. The van der Waals surface area contributed by atoms with Crippen LogP contribution in [0, 0.1) is 0 Å². The normalized spacial score (nSPS) is 11.0. The van der Waals surface area contributed by atoms with Crippen LogP contribution in [0.4, 0.5) is 0 Å². The van der Waals surface area contributed by atoms with Gasteiger partial charge in [-0.2, -0.15) is 0 Å². The molecule has 4 heteroatoms. The van der Waals surface area contributed by atoms with Gasteiger partial charge in [-0.1, -0.05) is 36.4 Å². The average molecular weight is 327 g/mol. The second kappa shape index (κ2) is 10.9. The van der Waals surface area contributed by atoms with Crippen LogP contribution >= 0.6 is 0 Å². The number of nitrogens with one attached hydrogen (secondary N) is 2. The molecular formula is C20H29N3O. The molecule has 0 heterocycles. The molecule has 0 fully saturated rings. The third kappa shape index (κ3) is 6.40. The maximum absolute atomic E-state index is 12.3. The van der Waals surface area contributed by atoms with Crippen molar-refractivity contribution < 1.29 is 4.79 Å². The second-order valence-corrected chi connectivity index (χ2v) is 6.08. The molecule has 0 aromatic heterocycles. The van der Waals surface area contributed by atoms with Gasteiger partial charge in [-0.15, -0.1) is 0 Å². The molecule has 2 aromatic carbocycles. The van der Waals surface area contributed by atoms with E-state index >= 15 is 0 Å². The number of ketones is 1. The van der Waals surface area contributed by atoms with E-state index in [0.29, 0.717) is 6.42 Å². The first-order valence-electron chi connectivity index (χ1n) is 8.95. The first-order valence-corrected chi connectivity index (χ1v) is 8.95. The lowest BCUT2D eigenvalue weighted by molar-refractivity contribution is 0.0982. The minimum atomic E-state index is 0.205. The molecule has 4 N–H and O–H groups in total. The van der Waals surface area contributed by atoms with Crippen molar-refractivity contribution in [3.63, 3.8) is 0 Å². The predicted molar refractivity (Wildman–Crippen MR) is 102 cm³/mol. The molecule has 0 aliphatic rings. The van der Waals surface area contributed by atoms with E-state index in [1.807, 2.05) is 36.4 Å². The lowest BCUT2D eigenvalue weighted by atomic mass is 10.0. The molecule has 0 saturated carbocycles. The van der Waals surface area contributed by atoms with Crippen LogP contribution in [0.3, 0.4) is 0 Å². The number of unbranched alkanes of at least 4 members (excludes halogenated alkanes) is 1. The number of rotatable bonds is 12. The van der Waals surface area contributed by atoms with Crippen molar-refractivity contribution in [2.24, 2.45) is 5.73 Å². The molecule has 0 saturated heterocycles. The molecule has 4 nitrogen and oxygen atoms in total. The zero-order valence-corrected chi connectivity index (χ0v) is 14.4. The van der Waals surface area contributed by atoms with Crippen LogP contribution in [-0.2, 0) is 0 Å². The van der Waals surface area contributed by atoms with E-state index in [1.54, 1.807) is 0 Å². The van der Waals surface area contributed by atoms with Crippen LogP contribution < -0.4 is 16.4 Å². The number of hydrogen-bond donors (Lipinski definition) is 3. The van der Waals surface area contributed by atoms with E-state index in [9.17, 15) is 4.79 Å². The molecule has 0 unspecified atom stereocenters. The van der Waals surface area contributed by atoms with E-state index in [1.165, 1.54) is 5.39 Å². The molecule has 0 bridgehead atoms. The van der Waals surface area contributed by atoms with Gasteiger partial charge in [0.1, 0.15) is 0 Å². The number of nitrogens with two attached hydrogens (primary N) is 1. The Morgan fingerprint density at radius 2 is 1.50 bits per heavy atom. The summed E-state index contributed by atoms with van der Waals surface area (Å²) in [6, 6.07) is 14.1. The van der Waals surface area contributed by atoms with Gasteiger partial charge in [-0.3, -0.25) is 4.79 Å². The molecule has 0 aliphatic heterocycles. The number of hydrogen-bond acceptors (Lipinski definition) is 4. The van der Waals surface area contributed by atoms with Crippen molar-refractivity contribution in [2.45, 2.75) is 25.7 Å². The molecule has 0 radical (unpaired) electrons. The summed E-state index contributed by atoms with van der Waals surface area (Å²) in [7, 11) is 0. The first kappa shape index (κ1) is 18.6. The summed E-state index contributed by atoms with van der Waals surface area (Å²) in [4.78, 5) is 12.3. The van der Waals surface area contributed by atoms with Gasteiger partial charge in [0.25, 0.3) is 0 Å². The number of carbonyl (C=O) groups is 1. The van der Waals surface area contributed by atoms with Crippen LogP contribution in [0.1, 0.15) is 36.0 Å². The zero-order valence-electron chi connectivity index (χ0n) is 14.4. The molecule has 0 spiro atoms. The minimum absolute atomic E-state index is 0.205. The number of Topliss-reactive ketones (excluding diaryl/α,β-unsaturated/α-hetero) is 1. The van der Waals surface area contributed by atoms with Gasteiger partial charge in [0, 0.05) is 18.5 Å². The van der Waals surface area contributed by atoms with Gasteiger partial charge in [-0.05, 0) is 62.3 Å². The third-order valence-electron chi connectivity index (χ3n) is 4.12. The summed E-state index contributed by atoms with van der Waals surface area (Å²) in [6.07, 6.45) is 3.86. The predicted octanol–water partition coefficient (Wildman–Crippen LogP) is 2.72. The summed E-state index contributed by atoms with van der Waals surface area (Å²) in [5, 5.41) is 9.02. The SMILES string of the molecule is NCCCNCCCCNCCC(=O)c1ccc2ccccc2c1. The van der Waals surface area contributed by atoms with Gasteiger partial charge in [0.05, 0.1) is 0 Å². The molecule has 130 valence electrons. The highest BCUT2D eigenvalue weighted by atomic mass is 16.1. The lowest BCUT2D eigenvalue weighted by Crippen LogP contribution is -2.22. The molecule has 0 amide bonds. The summed E-state index contributed by atoms with van der Waals surface area (Å²) in [5.74, 6) is 0.205. The Morgan fingerprint density at radius 1 is 0.833 bits per heavy atom. The molecular weight excluding hydrogens is 298 g/mol. The fourth-order valence-corrected chi connectivity index (χ4v) is 2.69. The molecule has 0 aliphatic carbocycles. The largest absolute Gasteiger partial charge is 0.330 e. The first-order chi connectivity index (χ1) is 11.8. The lowest BCUT2D eigenvalue weighted by Gasteiger charge is -2.06. The van der Waals surface area contributed by atoms with Crippen molar-refractivity contribution in [1.82, 2.24) is 10.6 Å². The summed E-state index contributed by atoms with van der Waals surface area (Å²) in [6.45, 7) is 4.50. The highest BCUT2D eigenvalue weighted by molar-refractivity contribution is 6.00. The minimum Gasteiger partial charge on any atom is -0.330 e. The van der Waals surface area contributed by atoms with Gasteiger partial charge in [-0.25, -0.2) is 0 Å². The van der Waals surface area contributed by atoms with Crippen LogP contribution in [-0.4, -0.2) is 38.5 Å². The van der Waals surface area contributed by atoms with Gasteiger partial charge >= 0.3 is 0 Å². The van der Waals surface area contributed by atoms with Gasteiger partial charge in [0.2, 0.25) is 0 Å². The van der Waals surface area contributed by atoms with Crippen LogP contribution in [0.25, 0.3) is 10.8 Å². The Hall–Kier alpha value is -1.75. The Balaban J connectivity index is 1.59. The molecule has 2 aromatic rings. The Kier molecular flexibility index (Phi) is 8.46. The third-order valence-corrected chi connectivity index (χ3v) is 4.12. The van der Waals surface area contributed by atoms with Crippen molar-refractivity contribution in [3.8, 4) is 0 Å². The Bertz CT molecular complexity index is 627. The average Bonchev–Trinajstić information content (AvgIpc) is 2.62. The monoisotopic (exact) mass is 327 g/mol. The zero-order chi connectivity index (χ0) is 17.0. The summed E-state index contributed by atoms with van der Waals surface area (Å²) < 4.78 is 0. The summed E-state index contributed by atoms with van der Waals surface area (Å²) >= 11 is 0. The smallest absolute Gasteiger partial charge is 0.164 e. The van der Waals surface area contributed by atoms with Gasteiger partial charge in [0.15, 0.2) is 5.78 Å². The van der Waals surface area contributed by atoms with E-state index in [0.717, 1.165) is 62.9 Å². The standard InChI is InChI=1S/C20H29N3O/c21-11-5-14-22-12-3-4-13-23-15-10-20(24)19-9-8-17-6-1-2-7-18(17)16-19/h1-2,6-9,16,22-23H,3-5,10-15,21H2. The molecule has 24 heavy (non-hydrogen) atoms. The Labute approximate surface area is 144 Å². The fraction of sp³-hybridized carbons (Fsp3) is 0.450. The van der Waals surface area contributed by atoms with Crippen LogP contribution in [0.2, 0.25) is 0 Å². The topological polar surface area (TPSA) is 67.2 Å². The maximum atomic E-state index is 12.3. The van der Waals surface area contributed by atoms with Crippen molar-refractivity contribution >= 4 is 16.6 Å².